The van der Waals surface area contributed by atoms with Crippen LogP contribution in [0.1, 0.15) is 20.7 Å². The normalized spacial score (nSPS) is 11.3. The van der Waals surface area contributed by atoms with Crippen LogP contribution in [0.2, 0.25) is 0 Å². The summed E-state index contributed by atoms with van der Waals surface area (Å²) >= 11 is 0. The maximum Gasteiger partial charge on any atom is 0.337 e. The molecule has 0 atom stereocenters. The average Bonchev–Trinajstić information content (AvgIpc) is 3.64. The highest BCUT2D eigenvalue weighted by Gasteiger charge is 2.25. The number of anilines is 3. The largest absolute Gasteiger partial charge is 0.465 e. The molecule has 288 valence electrons. The molecule has 0 N–H and O–H groups in total. The van der Waals surface area contributed by atoms with Gasteiger partial charge in [0.15, 0.2) is 0 Å². The molecule has 0 spiro atoms. The summed E-state index contributed by atoms with van der Waals surface area (Å²) in [5.74, 6) is -0.808. The first-order valence-corrected chi connectivity index (χ1v) is 19.8. The molecule has 0 radical (unpaired) electrons. The predicted octanol–water partition coefficient (Wildman–Crippen LogP) is 13.5. The van der Waals surface area contributed by atoms with Gasteiger partial charge in [0.1, 0.15) is 0 Å². The van der Waals surface area contributed by atoms with Crippen molar-refractivity contribution in [1.82, 2.24) is 4.57 Å². The third-order valence-electron chi connectivity index (χ3n) is 11.4. The molecule has 1 aromatic heterocycles. The number of carbonyl (C=O) groups is 2. The maximum absolute atomic E-state index is 13.0. The van der Waals surface area contributed by atoms with Crippen LogP contribution in [0.3, 0.4) is 0 Å². The second-order valence-corrected chi connectivity index (χ2v) is 14.7. The van der Waals surface area contributed by atoms with Crippen molar-refractivity contribution in [1.29, 1.82) is 0 Å². The van der Waals surface area contributed by atoms with E-state index in [2.05, 4.69) is 137 Å². The fraction of sp³-hybridized carbons (Fsp3) is 0.0370. The average molecular weight is 779 g/mol. The summed E-state index contributed by atoms with van der Waals surface area (Å²) in [6, 6.07) is 66.2. The number of fused-ring (bicyclic) bond motifs is 5. The Balaban J connectivity index is 1.33. The number of methoxy groups -OCH3 is 2. The fourth-order valence-corrected chi connectivity index (χ4v) is 8.81. The van der Waals surface area contributed by atoms with Gasteiger partial charge >= 0.3 is 11.9 Å². The molecule has 0 aliphatic carbocycles. The molecule has 6 nitrogen and oxygen atoms in total. The Labute approximate surface area is 347 Å². The van der Waals surface area contributed by atoms with E-state index in [1.165, 1.54) is 14.2 Å². The lowest BCUT2D eigenvalue weighted by Crippen LogP contribution is -2.11. The Hall–Kier alpha value is -7.96. The van der Waals surface area contributed by atoms with E-state index >= 15 is 0 Å². The first kappa shape index (κ1) is 36.4. The molecule has 0 fully saturated rings. The molecule has 10 rings (SSSR count). The predicted molar refractivity (Wildman–Crippen MR) is 244 cm³/mol. The molecule has 6 heteroatoms. The first-order valence-electron chi connectivity index (χ1n) is 19.8. The van der Waals surface area contributed by atoms with E-state index in [-0.39, 0.29) is 0 Å². The van der Waals surface area contributed by atoms with Crippen LogP contribution in [-0.4, -0.2) is 30.7 Å². The zero-order chi connectivity index (χ0) is 40.7. The van der Waals surface area contributed by atoms with E-state index in [1.54, 1.807) is 12.1 Å². The molecule has 0 saturated heterocycles. The topological polar surface area (TPSA) is 60.8 Å². The van der Waals surface area contributed by atoms with Crippen LogP contribution in [-0.2, 0) is 9.47 Å². The van der Waals surface area contributed by atoms with Crippen LogP contribution < -0.4 is 4.90 Å². The van der Waals surface area contributed by atoms with E-state index in [1.807, 2.05) is 54.6 Å². The summed E-state index contributed by atoms with van der Waals surface area (Å²) in [5.41, 5.74) is 10.9. The zero-order valence-electron chi connectivity index (χ0n) is 33.0. The van der Waals surface area contributed by atoms with Crippen LogP contribution >= 0.6 is 0 Å². The van der Waals surface area contributed by atoms with E-state index in [0.29, 0.717) is 11.1 Å². The summed E-state index contributed by atoms with van der Waals surface area (Å²) < 4.78 is 12.7. The third-order valence-corrected chi connectivity index (χ3v) is 11.4. The Kier molecular flexibility index (Phi) is 9.15. The van der Waals surface area contributed by atoms with Crippen molar-refractivity contribution in [2.24, 2.45) is 0 Å². The number of nitrogens with zero attached hydrogens (tertiary/aromatic N) is 2. The second kappa shape index (κ2) is 15.1. The second-order valence-electron chi connectivity index (χ2n) is 14.7. The molecule has 60 heavy (non-hydrogen) atoms. The lowest BCUT2D eigenvalue weighted by molar-refractivity contribution is 0.0592. The van der Waals surface area contributed by atoms with Gasteiger partial charge in [-0.1, -0.05) is 115 Å². The van der Waals surface area contributed by atoms with Gasteiger partial charge in [0.2, 0.25) is 0 Å². The molecule has 10 aromatic rings. The van der Waals surface area contributed by atoms with Gasteiger partial charge in [-0.05, 0) is 117 Å². The van der Waals surface area contributed by atoms with E-state index in [9.17, 15) is 9.59 Å². The van der Waals surface area contributed by atoms with E-state index in [4.69, 9.17) is 9.47 Å². The summed E-state index contributed by atoms with van der Waals surface area (Å²) in [4.78, 5) is 28.3. The number of carbonyl (C=O) groups excluding carboxylic acids is 2. The molecule has 0 amide bonds. The minimum atomic E-state index is -0.407. The highest BCUT2D eigenvalue weighted by molar-refractivity contribution is 6.25. The third kappa shape index (κ3) is 6.05. The Morgan fingerprint density at radius 3 is 1.63 bits per heavy atom. The van der Waals surface area contributed by atoms with Crippen molar-refractivity contribution in [3.63, 3.8) is 0 Å². The van der Waals surface area contributed by atoms with Crippen molar-refractivity contribution in [2.45, 2.75) is 0 Å². The lowest BCUT2D eigenvalue weighted by Gasteiger charge is -2.29. The van der Waals surface area contributed by atoms with Crippen LogP contribution in [0.4, 0.5) is 17.1 Å². The standard InChI is InChI=1S/C54H38N2O4/c1-59-53(57)37-18-13-16-35(32-37)50-43-25-9-10-26-44(43)51(36-17-14-19-38(33-36)54(58)60-2)52-45(50)27-15-29-49(52)55(39-20-5-3-6-21-39)41-30-31-48-46(34-41)42-24-11-12-28-47(42)56(48)40-22-7-4-8-23-40/h3-34H,1-2H3. The van der Waals surface area contributed by atoms with Crippen molar-refractivity contribution in [2.75, 3.05) is 19.1 Å². The minimum absolute atomic E-state index is 0.401. The van der Waals surface area contributed by atoms with Crippen LogP contribution in [0.25, 0.3) is 71.3 Å². The molecular formula is C54H38N2O4. The summed E-state index contributed by atoms with van der Waals surface area (Å²) in [6.45, 7) is 0. The SMILES string of the molecule is COC(=O)c1cccc(-c2c3ccccc3c(-c3cccc(C(=O)OC)c3)c3c(N(c4ccccc4)c4ccc5c(c4)c4ccccc4n5-c4ccccc4)cccc23)c1. The number of hydrogen-bond acceptors (Lipinski definition) is 5. The summed E-state index contributed by atoms with van der Waals surface area (Å²) in [6.07, 6.45) is 0. The fourth-order valence-electron chi connectivity index (χ4n) is 8.81. The van der Waals surface area contributed by atoms with Gasteiger partial charge in [-0.15, -0.1) is 0 Å². The molecule has 0 saturated carbocycles. The lowest BCUT2D eigenvalue weighted by atomic mass is 9.84. The van der Waals surface area contributed by atoms with Crippen LogP contribution in [0.5, 0.6) is 0 Å². The molecular weight excluding hydrogens is 741 g/mol. The summed E-state index contributed by atoms with van der Waals surface area (Å²) in [7, 11) is 2.80. The number of rotatable bonds is 8. The van der Waals surface area contributed by atoms with Gasteiger partial charge in [-0.3, -0.25) is 0 Å². The molecule has 9 aromatic carbocycles. The molecule has 0 aliphatic rings. The van der Waals surface area contributed by atoms with Crippen LogP contribution in [0.15, 0.2) is 194 Å². The van der Waals surface area contributed by atoms with Crippen molar-refractivity contribution < 1.29 is 19.1 Å². The number of benzene rings is 9. The Bertz CT molecular complexity index is 3280. The van der Waals surface area contributed by atoms with Gasteiger partial charge in [0, 0.05) is 33.2 Å². The van der Waals surface area contributed by atoms with Crippen molar-refractivity contribution in [3.05, 3.63) is 205 Å². The molecule has 0 aliphatic heterocycles. The molecule has 1 heterocycles. The Morgan fingerprint density at radius 2 is 0.967 bits per heavy atom. The number of aromatic nitrogens is 1. The van der Waals surface area contributed by atoms with Gasteiger partial charge in [-0.25, -0.2) is 9.59 Å². The monoisotopic (exact) mass is 778 g/mol. The first-order chi connectivity index (χ1) is 29.5. The maximum atomic E-state index is 13.0. The van der Waals surface area contributed by atoms with Gasteiger partial charge in [0.25, 0.3) is 0 Å². The van der Waals surface area contributed by atoms with Crippen LogP contribution in [0, 0.1) is 0 Å². The molecule has 0 unspecified atom stereocenters. The van der Waals surface area contributed by atoms with E-state index < -0.39 is 11.9 Å². The number of para-hydroxylation sites is 3. The van der Waals surface area contributed by atoms with Gasteiger partial charge < -0.3 is 18.9 Å². The highest BCUT2D eigenvalue weighted by atomic mass is 16.5. The minimum Gasteiger partial charge on any atom is -0.465 e. The Morgan fingerprint density at radius 1 is 0.433 bits per heavy atom. The number of hydrogen-bond donors (Lipinski definition) is 0. The highest BCUT2D eigenvalue weighted by Crippen LogP contribution is 2.50. The quantitative estimate of drug-likeness (QED) is 0.114. The number of esters is 2. The smallest absolute Gasteiger partial charge is 0.337 e. The summed E-state index contributed by atoms with van der Waals surface area (Å²) in [5, 5.41) is 6.24. The van der Waals surface area contributed by atoms with Gasteiger partial charge in [0.05, 0.1) is 42.1 Å². The molecule has 0 bridgehead atoms. The number of ether oxygens (including phenoxy) is 2. The van der Waals surface area contributed by atoms with E-state index in [0.717, 1.165) is 88.4 Å². The van der Waals surface area contributed by atoms with Gasteiger partial charge in [-0.2, -0.15) is 0 Å². The van der Waals surface area contributed by atoms with Crippen molar-refractivity contribution in [3.8, 4) is 27.9 Å². The zero-order valence-corrected chi connectivity index (χ0v) is 33.0. The van der Waals surface area contributed by atoms with Crippen molar-refractivity contribution >= 4 is 72.4 Å².